The van der Waals surface area contributed by atoms with Crippen LogP contribution in [0.25, 0.3) is 0 Å². The van der Waals surface area contributed by atoms with Crippen LogP contribution in [-0.2, 0) is 12.6 Å². The summed E-state index contributed by atoms with van der Waals surface area (Å²) in [5, 5.41) is 0. The molecule has 2 aliphatic carbocycles. The molecule has 29 heavy (non-hydrogen) atoms. The number of halogens is 5. The zero-order valence-corrected chi connectivity index (χ0v) is 17.3. The lowest BCUT2D eigenvalue weighted by Crippen LogP contribution is -2.26. The van der Waals surface area contributed by atoms with Crippen LogP contribution in [0.15, 0.2) is 12.1 Å². The maximum absolute atomic E-state index is 13.7. The third-order valence-electron chi connectivity index (χ3n) is 7.37. The van der Waals surface area contributed by atoms with E-state index in [0.29, 0.717) is 17.9 Å². The Balaban J connectivity index is 1.45. The first-order valence-corrected chi connectivity index (χ1v) is 11.3. The second kappa shape index (κ2) is 9.78. The summed E-state index contributed by atoms with van der Waals surface area (Å²) >= 11 is 0. The Morgan fingerprint density at radius 2 is 1.21 bits per heavy atom. The van der Waals surface area contributed by atoms with Crippen LogP contribution in [0.2, 0.25) is 0 Å². The predicted molar refractivity (Wildman–Crippen MR) is 105 cm³/mol. The Hall–Kier alpha value is -1.13. The summed E-state index contributed by atoms with van der Waals surface area (Å²) in [7, 11) is 0. The van der Waals surface area contributed by atoms with Crippen molar-refractivity contribution in [1.29, 1.82) is 0 Å². The summed E-state index contributed by atoms with van der Waals surface area (Å²) in [4.78, 5) is 0. The van der Waals surface area contributed by atoms with Gasteiger partial charge in [0.25, 0.3) is 0 Å². The Labute approximate surface area is 171 Å². The second-order valence-electron chi connectivity index (χ2n) is 9.32. The van der Waals surface area contributed by atoms with Crippen LogP contribution in [0.1, 0.15) is 88.7 Å². The SMILES string of the molecule is CCC[C@H]1CC[C@H]([C@H]2CC[C@H](CCc3cc(F)c(C(F)(F)F)c(F)c3)CC2)CC1. The highest BCUT2D eigenvalue weighted by atomic mass is 19.4. The van der Waals surface area contributed by atoms with Gasteiger partial charge in [0, 0.05) is 0 Å². The number of alkyl halides is 3. The van der Waals surface area contributed by atoms with Crippen molar-refractivity contribution in [2.75, 3.05) is 0 Å². The molecule has 0 unspecified atom stereocenters. The maximum atomic E-state index is 13.7. The number of benzene rings is 1. The molecule has 2 saturated carbocycles. The summed E-state index contributed by atoms with van der Waals surface area (Å²) in [6.07, 6.45) is 9.08. The summed E-state index contributed by atoms with van der Waals surface area (Å²) in [6.45, 7) is 2.26. The number of aryl methyl sites for hydroxylation is 1. The van der Waals surface area contributed by atoms with Crippen molar-refractivity contribution in [2.24, 2.45) is 23.7 Å². The number of hydrogen-bond donors (Lipinski definition) is 0. The molecule has 164 valence electrons. The molecule has 0 nitrogen and oxygen atoms in total. The van der Waals surface area contributed by atoms with Gasteiger partial charge in [0.15, 0.2) is 0 Å². The van der Waals surface area contributed by atoms with E-state index in [1.807, 2.05) is 0 Å². The lowest BCUT2D eigenvalue weighted by molar-refractivity contribution is -0.142. The average molecular weight is 417 g/mol. The van der Waals surface area contributed by atoms with Crippen LogP contribution in [0.5, 0.6) is 0 Å². The van der Waals surface area contributed by atoms with Gasteiger partial charge in [-0.1, -0.05) is 45.4 Å². The minimum absolute atomic E-state index is 0.323. The third-order valence-corrected chi connectivity index (χ3v) is 7.37. The van der Waals surface area contributed by atoms with Crippen LogP contribution < -0.4 is 0 Å². The van der Waals surface area contributed by atoms with Gasteiger partial charge in [0.1, 0.15) is 17.2 Å². The molecular formula is C24H33F5. The fourth-order valence-electron chi connectivity index (χ4n) is 5.72. The fraction of sp³-hybridized carbons (Fsp3) is 0.750. The normalized spacial score (nSPS) is 28.5. The molecule has 3 rings (SSSR count). The van der Waals surface area contributed by atoms with Crippen molar-refractivity contribution < 1.29 is 22.0 Å². The molecule has 0 atom stereocenters. The first-order valence-electron chi connectivity index (χ1n) is 11.3. The number of hydrogen-bond acceptors (Lipinski definition) is 0. The molecule has 0 bridgehead atoms. The minimum Gasteiger partial charge on any atom is -0.206 e. The van der Waals surface area contributed by atoms with Gasteiger partial charge in [-0.15, -0.1) is 0 Å². The molecule has 5 heteroatoms. The molecule has 0 radical (unpaired) electrons. The molecule has 0 aliphatic heterocycles. The van der Waals surface area contributed by atoms with Crippen LogP contribution in [0.3, 0.4) is 0 Å². The Morgan fingerprint density at radius 3 is 1.62 bits per heavy atom. The van der Waals surface area contributed by atoms with E-state index in [9.17, 15) is 22.0 Å². The van der Waals surface area contributed by atoms with Gasteiger partial charge >= 0.3 is 6.18 Å². The van der Waals surface area contributed by atoms with E-state index < -0.39 is 23.4 Å². The predicted octanol–water partition coefficient (Wildman–Crippen LogP) is 8.33. The van der Waals surface area contributed by atoms with E-state index in [4.69, 9.17) is 0 Å². The van der Waals surface area contributed by atoms with E-state index in [0.717, 1.165) is 49.1 Å². The largest absolute Gasteiger partial charge is 0.422 e. The summed E-state index contributed by atoms with van der Waals surface area (Å²) < 4.78 is 65.6. The Morgan fingerprint density at radius 1 is 0.759 bits per heavy atom. The molecule has 1 aromatic rings. The van der Waals surface area contributed by atoms with E-state index in [-0.39, 0.29) is 0 Å². The van der Waals surface area contributed by atoms with Crippen molar-refractivity contribution in [3.63, 3.8) is 0 Å². The molecule has 0 amide bonds. The van der Waals surface area contributed by atoms with Gasteiger partial charge in [-0.05, 0) is 79.9 Å². The lowest BCUT2D eigenvalue weighted by Gasteiger charge is -2.38. The minimum atomic E-state index is -5.00. The van der Waals surface area contributed by atoms with Crippen molar-refractivity contribution in [2.45, 2.75) is 90.1 Å². The molecule has 1 aromatic carbocycles. The van der Waals surface area contributed by atoms with Crippen molar-refractivity contribution >= 4 is 0 Å². The standard InChI is InChI=1S/C24H33F5/c1-2-3-16-6-10-19(11-7-16)20-12-8-17(9-13-20)4-5-18-14-21(25)23(22(26)15-18)24(27,28)29/h14-17,19-20H,2-13H2,1H3/t16-,17-,19-,20-. The fourth-order valence-corrected chi connectivity index (χ4v) is 5.72. The average Bonchev–Trinajstić information content (AvgIpc) is 2.66. The second-order valence-corrected chi connectivity index (χ2v) is 9.32. The first kappa shape index (κ1) is 22.6. The van der Waals surface area contributed by atoms with E-state index in [1.54, 1.807) is 0 Å². The molecule has 0 spiro atoms. The molecule has 0 saturated heterocycles. The third kappa shape index (κ3) is 5.95. The summed E-state index contributed by atoms with van der Waals surface area (Å²) in [6, 6.07) is 1.71. The zero-order chi connectivity index (χ0) is 21.0. The van der Waals surface area contributed by atoms with Crippen molar-refractivity contribution in [1.82, 2.24) is 0 Å². The van der Waals surface area contributed by atoms with Crippen LogP contribution in [0, 0.1) is 35.3 Å². The monoisotopic (exact) mass is 416 g/mol. The quantitative estimate of drug-likeness (QED) is 0.409. The molecule has 0 heterocycles. The van der Waals surface area contributed by atoms with Gasteiger partial charge in [-0.2, -0.15) is 13.2 Å². The van der Waals surface area contributed by atoms with E-state index in [2.05, 4.69) is 6.92 Å². The van der Waals surface area contributed by atoms with Gasteiger partial charge < -0.3 is 0 Å². The van der Waals surface area contributed by atoms with Gasteiger partial charge in [-0.25, -0.2) is 8.78 Å². The molecule has 0 aromatic heterocycles. The first-order chi connectivity index (χ1) is 13.8. The summed E-state index contributed by atoms with van der Waals surface area (Å²) in [5.41, 5.74) is -1.46. The molecule has 2 aliphatic rings. The maximum Gasteiger partial charge on any atom is 0.422 e. The highest BCUT2D eigenvalue weighted by molar-refractivity contribution is 5.28. The smallest absolute Gasteiger partial charge is 0.206 e. The van der Waals surface area contributed by atoms with Crippen molar-refractivity contribution in [3.8, 4) is 0 Å². The Bertz CT molecular complexity index is 627. The Kier molecular flexibility index (Phi) is 7.61. The van der Waals surface area contributed by atoms with Crippen molar-refractivity contribution in [3.05, 3.63) is 34.9 Å². The van der Waals surface area contributed by atoms with Gasteiger partial charge in [0.2, 0.25) is 0 Å². The lowest BCUT2D eigenvalue weighted by atomic mass is 9.68. The topological polar surface area (TPSA) is 0 Å². The van der Waals surface area contributed by atoms with E-state index in [1.165, 1.54) is 51.4 Å². The highest BCUT2D eigenvalue weighted by Crippen LogP contribution is 2.43. The van der Waals surface area contributed by atoms with E-state index >= 15 is 0 Å². The van der Waals surface area contributed by atoms with Gasteiger partial charge in [0.05, 0.1) is 0 Å². The highest BCUT2D eigenvalue weighted by Gasteiger charge is 2.38. The van der Waals surface area contributed by atoms with Crippen LogP contribution >= 0.6 is 0 Å². The number of rotatable bonds is 6. The molecule has 0 N–H and O–H groups in total. The van der Waals surface area contributed by atoms with Crippen LogP contribution in [-0.4, -0.2) is 0 Å². The molecule has 2 fully saturated rings. The zero-order valence-electron chi connectivity index (χ0n) is 17.3. The van der Waals surface area contributed by atoms with Gasteiger partial charge in [-0.3, -0.25) is 0 Å². The summed E-state index contributed by atoms with van der Waals surface area (Å²) in [5.74, 6) is 0.106. The van der Waals surface area contributed by atoms with Crippen LogP contribution in [0.4, 0.5) is 22.0 Å². The molecular weight excluding hydrogens is 383 g/mol.